The highest BCUT2D eigenvalue weighted by Gasteiger charge is 2.31. The van der Waals surface area contributed by atoms with E-state index in [9.17, 15) is 4.79 Å². The third-order valence-electron chi connectivity index (χ3n) is 4.16. The predicted octanol–water partition coefficient (Wildman–Crippen LogP) is 2.45. The highest BCUT2D eigenvalue weighted by Crippen LogP contribution is 2.27. The molecule has 120 valence electrons. The molecule has 2 aromatic rings. The molecule has 0 spiro atoms. The third-order valence-corrected chi connectivity index (χ3v) is 4.16. The minimum atomic E-state index is 0.182. The number of nitrogens with zero attached hydrogens (tertiary/aromatic N) is 4. The van der Waals surface area contributed by atoms with Crippen molar-refractivity contribution in [1.29, 1.82) is 0 Å². The SMILES string of the molecule is Cc1cnc(C[C@@H]2CC(=O)N(c3ccccc3)C2)nc1N(C)C. The second-order valence-corrected chi connectivity index (χ2v) is 6.30. The fraction of sp³-hybridized carbons (Fsp3) is 0.389. The molecule has 1 aliphatic rings. The normalized spacial score (nSPS) is 17.6. The van der Waals surface area contributed by atoms with E-state index in [1.807, 2.05) is 67.3 Å². The van der Waals surface area contributed by atoms with Gasteiger partial charge in [-0.1, -0.05) is 18.2 Å². The first-order chi connectivity index (χ1) is 11.0. The second kappa shape index (κ2) is 6.36. The molecule has 5 nitrogen and oxygen atoms in total. The largest absolute Gasteiger partial charge is 0.362 e. The number of carbonyl (C=O) groups excluding carboxylic acids is 1. The highest BCUT2D eigenvalue weighted by molar-refractivity contribution is 5.95. The molecule has 1 aliphatic heterocycles. The van der Waals surface area contributed by atoms with Crippen LogP contribution < -0.4 is 9.80 Å². The molecule has 1 aromatic heterocycles. The van der Waals surface area contributed by atoms with Gasteiger partial charge in [0.25, 0.3) is 0 Å². The molecule has 1 aromatic carbocycles. The summed E-state index contributed by atoms with van der Waals surface area (Å²) >= 11 is 0. The Morgan fingerprint density at radius 2 is 2.00 bits per heavy atom. The average Bonchev–Trinajstić information content (AvgIpc) is 2.90. The van der Waals surface area contributed by atoms with E-state index in [4.69, 9.17) is 0 Å². The Morgan fingerprint density at radius 1 is 1.26 bits per heavy atom. The zero-order valence-corrected chi connectivity index (χ0v) is 13.9. The molecular weight excluding hydrogens is 288 g/mol. The van der Waals surface area contributed by atoms with Gasteiger partial charge < -0.3 is 9.80 Å². The van der Waals surface area contributed by atoms with Crippen LogP contribution in [-0.2, 0) is 11.2 Å². The number of hydrogen-bond donors (Lipinski definition) is 0. The van der Waals surface area contributed by atoms with Crippen molar-refractivity contribution in [2.24, 2.45) is 5.92 Å². The summed E-state index contributed by atoms with van der Waals surface area (Å²) in [6, 6.07) is 9.84. The number of aryl methyl sites for hydroxylation is 1. The van der Waals surface area contributed by atoms with Gasteiger partial charge in [0.2, 0.25) is 5.91 Å². The number of carbonyl (C=O) groups is 1. The molecule has 0 N–H and O–H groups in total. The molecule has 2 heterocycles. The maximum Gasteiger partial charge on any atom is 0.227 e. The van der Waals surface area contributed by atoms with Crippen LogP contribution in [0.15, 0.2) is 36.5 Å². The van der Waals surface area contributed by atoms with Gasteiger partial charge in [-0.25, -0.2) is 9.97 Å². The van der Waals surface area contributed by atoms with Gasteiger partial charge in [-0.3, -0.25) is 4.79 Å². The number of rotatable bonds is 4. The van der Waals surface area contributed by atoms with Gasteiger partial charge >= 0.3 is 0 Å². The van der Waals surface area contributed by atoms with Gasteiger partial charge in [-0.15, -0.1) is 0 Å². The lowest BCUT2D eigenvalue weighted by Crippen LogP contribution is -2.24. The number of amides is 1. The van der Waals surface area contributed by atoms with Gasteiger partial charge in [-0.05, 0) is 25.0 Å². The van der Waals surface area contributed by atoms with E-state index in [0.29, 0.717) is 6.42 Å². The van der Waals surface area contributed by atoms with Gasteiger partial charge in [0.15, 0.2) is 0 Å². The minimum Gasteiger partial charge on any atom is -0.362 e. The summed E-state index contributed by atoms with van der Waals surface area (Å²) in [7, 11) is 3.96. The van der Waals surface area contributed by atoms with Crippen molar-refractivity contribution < 1.29 is 4.79 Å². The van der Waals surface area contributed by atoms with Crippen LogP contribution in [-0.4, -0.2) is 36.5 Å². The van der Waals surface area contributed by atoms with Crippen molar-refractivity contribution in [3.8, 4) is 0 Å². The molecular formula is C18H22N4O. The second-order valence-electron chi connectivity index (χ2n) is 6.30. The van der Waals surface area contributed by atoms with Crippen LogP contribution in [0.25, 0.3) is 0 Å². The summed E-state index contributed by atoms with van der Waals surface area (Å²) in [5.74, 6) is 2.20. The van der Waals surface area contributed by atoms with Crippen LogP contribution in [0.3, 0.4) is 0 Å². The van der Waals surface area contributed by atoms with Crippen LogP contribution in [0.1, 0.15) is 17.8 Å². The zero-order chi connectivity index (χ0) is 16.4. The molecule has 0 saturated carbocycles. The minimum absolute atomic E-state index is 0.182. The van der Waals surface area contributed by atoms with Gasteiger partial charge in [0, 0.05) is 50.9 Å². The summed E-state index contributed by atoms with van der Waals surface area (Å²) in [6.45, 7) is 2.74. The van der Waals surface area contributed by atoms with Crippen molar-refractivity contribution in [3.05, 3.63) is 47.9 Å². The summed E-state index contributed by atoms with van der Waals surface area (Å²) in [5, 5.41) is 0. The molecule has 0 unspecified atom stereocenters. The first-order valence-corrected chi connectivity index (χ1v) is 7.90. The van der Waals surface area contributed by atoms with Crippen LogP contribution in [0.5, 0.6) is 0 Å². The monoisotopic (exact) mass is 310 g/mol. The van der Waals surface area contributed by atoms with Crippen molar-refractivity contribution >= 4 is 17.4 Å². The Kier molecular flexibility index (Phi) is 4.28. The highest BCUT2D eigenvalue weighted by atomic mass is 16.2. The molecule has 1 amide bonds. The Morgan fingerprint density at radius 3 is 2.70 bits per heavy atom. The number of aromatic nitrogens is 2. The Bertz CT molecular complexity index is 699. The molecule has 5 heteroatoms. The van der Waals surface area contributed by atoms with E-state index >= 15 is 0 Å². The van der Waals surface area contributed by atoms with Crippen LogP contribution >= 0.6 is 0 Å². The maximum absolute atomic E-state index is 12.3. The number of hydrogen-bond acceptors (Lipinski definition) is 4. The standard InChI is InChI=1S/C18H22N4O/c1-13-11-19-16(20-18(13)21(2)3)9-14-10-17(23)22(12-14)15-7-5-4-6-8-15/h4-8,11,14H,9-10,12H2,1-3H3/t14-/m1/s1. The Labute approximate surface area is 137 Å². The summed E-state index contributed by atoms with van der Waals surface area (Å²) in [6.07, 6.45) is 3.16. The summed E-state index contributed by atoms with van der Waals surface area (Å²) in [5.41, 5.74) is 2.03. The van der Waals surface area contributed by atoms with Gasteiger partial charge in [0.05, 0.1) is 0 Å². The lowest BCUT2D eigenvalue weighted by atomic mass is 10.0. The topological polar surface area (TPSA) is 49.3 Å². The van der Waals surface area contributed by atoms with E-state index in [0.717, 1.165) is 35.9 Å². The molecule has 23 heavy (non-hydrogen) atoms. The predicted molar refractivity (Wildman–Crippen MR) is 91.7 cm³/mol. The van der Waals surface area contributed by atoms with Gasteiger partial charge in [0.1, 0.15) is 11.6 Å². The van der Waals surface area contributed by atoms with Crippen molar-refractivity contribution in [2.45, 2.75) is 19.8 Å². The van der Waals surface area contributed by atoms with E-state index in [-0.39, 0.29) is 11.8 Å². The Hall–Kier alpha value is -2.43. The van der Waals surface area contributed by atoms with E-state index in [1.54, 1.807) is 0 Å². The molecule has 0 bridgehead atoms. The average molecular weight is 310 g/mol. The molecule has 1 saturated heterocycles. The number of anilines is 2. The quantitative estimate of drug-likeness (QED) is 0.870. The lowest BCUT2D eigenvalue weighted by Gasteiger charge is -2.17. The summed E-state index contributed by atoms with van der Waals surface area (Å²) in [4.78, 5) is 25.2. The van der Waals surface area contributed by atoms with Crippen LogP contribution in [0.2, 0.25) is 0 Å². The molecule has 3 rings (SSSR count). The number of benzene rings is 1. The summed E-state index contributed by atoms with van der Waals surface area (Å²) < 4.78 is 0. The lowest BCUT2D eigenvalue weighted by molar-refractivity contribution is -0.117. The number of para-hydroxylation sites is 1. The molecule has 0 aliphatic carbocycles. The smallest absolute Gasteiger partial charge is 0.227 e. The van der Waals surface area contributed by atoms with Crippen molar-refractivity contribution in [3.63, 3.8) is 0 Å². The fourth-order valence-corrected chi connectivity index (χ4v) is 3.05. The fourth-order valence-electron chi connectivity index (χ4n) is 3.05. The third kappa shape index (κ3) is 3.33. The Balaban J connectivity index is 1.73. The van der Waals surface area contributed by atoms with Crippen LogP contribution in [0, 0.1) is 12.8 Å². The zero-order valence-electron chi connectivity index (χ0n) is 13.9. The van der Waals surface area contributed by atoms with Crippen LogP contribution in [0.4, 0.5) is 11.5 Å². The first-order valence-electron chi connectivity index (χ1n) is 7.90. The van der Waals surface area contributed by atoms with Crippen molar-refractivity contribution in [1.82, 2.24) is 9.97 Å². The molecule has 1 fully saturated rings. The first kappa shape index (κ1) is 15.5. The molecule has 1 atom stereocenters. The van der Waals surface area contributed by atoms with E-state index in [1.165, 1.54) is 0 Å². The molecule has 0 radical (unpaired) electrons. The maximum atomic E-state index is 12.3. The van der Waals surface area contributed by atoms with E-state index in [2.05, 4.69) is 9.97 Å². The van der Waals surface area contributed by atoms with Gasteiger partial charge in [-0.2, -0.15) is 0 Å². The van der Waals surface area contributed by atoms with Crippen molar-refractivity contribution in [2.75, 3.05) is 30.4 Å². The van der Waals surface area contributed by atoms with E-state index < -0.39 is 0 Å².